The number of aromatic nitrogens is 3. The predicted molar refractivity (Wildman–Crippen MR) is 93.1 cm³/mol. The Morgan fingerprint density at radius 2 is 2.00 bits per heavy atom. The molecule has 0 spiro atoms. The second kappa shape index (κ2) is 7.35. The van der Waals surface area contributed by atoms with E-state index < -0.39 is 0 Å². The Morgan fingerprint density at radius 1 is 1.12 bits per heavy atom. The van der Waals surface area contributed by atoms with Crippen LogP contribution in [0.1, 0.15) is 30.1 Å². The molecule has 1 amide bonds. The van der Waals surface area contributed by atoms with Gasteiger partial charge in [-0.2, -0.15) is 0 Å². The number of amides is 1. The number of fused-ring (bicyclic) bond motifs is 1. The Balaban J connectivity index is 1.40. The highest BCUT2D eigenvalue weighted by Gasteiger charge is 2.30. The molecule has 0 radical (unpaired) electrons. The zero-order valence-electron chi connectivity index (χ0n) is 14.4. The van der Waals surface area contributed by atoms with Gasteiger partial charge in [0.2, 0.25) is 0 Å². The molecule has 0 unspecified atom stereocenters. The van der Waals surface area contributed by atoms with Gasteiger partial charge < -0.3 is 14.2 Å². The van der Waals surface area contributed by atoms with Crippen LogP contribution >= 0.6 is 0 Å². The standard InChI is InChI=1S/C19H24N4O2/c24-19(16-7-4-14-25-16)22-11-10-18-21-20-17(23(18)13-12-22)9-8-15-5-2-1-3-6-15/h1-3,5-6,16H,4,7-14H2/t16-/m1/s1. The smallest absolute Gasteiger partial charge is 0.251 e. The fourth-order valence-corrected chi connectivity index (χ4v) is 3.67. The Morgan fingerprint density at radius 3 is 2.80 bits per heavy atom. The number of carbonyl (C=O) groups excluding carboxylic acids is 1. The van der Waals surface area contributed by atoms with Crippen molar-refractivity contribution in [2.45, 2.75) is 44.8 Å². The lowest BCUT2D eigenvalue weighted by molar-refractivity contribution is -0.140. The van der Waals surface area contributed by atoms with Gasteiger partial charge in [-0.05, 0) is 24.8 Å². The second-order valence-electron chi connectivity index (χ2n) is 6.75. The summed E-state index contributed by atoms with van der Waals surface area (Å²) in [5.41, 5.74) is 1.31. The highest BCUT2D eigenvalue weighted by molar-refractivity contribution is 5.81. The Labute approximate surface area is 147 Å². The van der Waals surface area contributed by atoms with Gasteiger partial charge in [0.15, 0.2) is 0 Å². The van der Waals surface area contributed by atoms with Gasteiger partial charge in [0.05, 0.1) is 0 Å². The highest BCUT2D eigenvalue weighted by Crippen LogP contribution is 2.17. The summed E-state index contributed by atoms with van der Waals surface area (Å²) in [6, 6.07) is 10.4. The van der Waals surface area contributed by atoms with Crippen molar-refractivity contribution in [1.82, 2.24) is 19.7 Å². The molecule has 1 aromatic carbocycles. The lowest BCUT2D eigenvalue weighted by Crippen LogP contribution is -2.40. The first-order valence-corrected chi connectivity index (χ1v) is 9.16. The molecule has 0 N–H and O–H groups in total. The summed E-state index contributed by atoms with van der Waals surface area (Å²) >= 11 is 0. The Hall–Kier alpha value is -2.21. The number of nitrogens with zero attached hydrogens (tertiary/aromatic N) is 4. The van der Waals surface area contributed by atoms with Crippen LogP contribution in [0.5, 0.6) is 0 Å². The fourth-order valence-electron chi connectivity index (χ4n) is 3.67. The minimum atomic E-state index is -0.235. The minimum Gasteiger partial charge on any atom is -0.368 e. The van der Waals surface area contributed by atoms with Gasteiger partial charge in [-0.1, -0.05) is 30.3 Å². The third kappa shape index (κ3) is 3.58. The topological polar surface area (TPSA) is 60.2 Å². The van der Waals surface area contributed by atoms with E-state index in [9.17, 15) is 4.79 Å². The number of benzene rings is 1. The maximum absolute atomic E-state index is 12.6. The first-order chi connectivity index (χ1) is 12.3. The largest absolute Gasteiger partial charge is 0.368 e. The van der Waals surface area contributed by atoms with Gasteiger partial charge in [0.25, 0.3) is 5.91 Å². The molecule has 0 saturated carbocycles. The van der Waals surface area contributed by atoms with Crippen LogP contribution in [-0.2, 0) is 35.3 Å². The Bertz CT molecular complexity index is 722. The molecule has 25 heavy (non-hydrogen) atoms. The van der Waals surface area contributed by atoms with Crippen molar-refractivity contribution in [2.75, 3.05) is 19.7 Å². The summed E-state index contributed by atoms with van der Waals surface area (Å²) in [6.45, 7) is 2.89. The molecule has 6 heteroatoms. The molecule has 1 aromatic heterocycles. The van der Waals surface area contributed by atoms with E-state index in [1.165, 1.54) is 5.56 Å². The molecule has 2 aliphatic rings. The molecule has 0 bridgehead atoms. The summed E-state index contributed by atoms with van der Waals surface area (Å²) in [4.78, 5) is 14.5. The first-order valence-electron chi connectivity index (χ1n) is 9.16. The monoisotopic (exact) mass is 340 g/mol. The molecule has 2 aromatic rings. The highest BCUT2D eigenvalue weighted by atomic mass is 16.5. The maximum Gasteiger partial charge on any atom is 0.251 e. The van der Waals surface area contributed by atoms with Crippen molar-refractivity contribution < 1.29 is 9.53 Å². The molecule has 2 aliphatic heterocycles. The zero-order valence-corrected chi connectivity index (χ0v) is 14.4. The third-order valence-electron chi connectivity index (χ3n) is 5.10. The van der Waals surface area contributed by atoms with E-state index >= 15 is 0 Å². The molecular formula is C19H24N4O2. The molecule has 1 saturated heterocycles. The van der Waals surface area contributed by atoms with Gasteiger partial charge in [-0.3, -0.25) is 4.79 Å². The molecule has 0 aliphatic carbocycles. The quantitative estimate of drug-likeness (QED) is 0.849. The molecule has 3 heterocycles. The number of hydrogen-bond acceptors (Lipinski definition) is 4. The van der Waals surface area contributed by atoms with Crippen LogP contribution in [0, 0.1) is 0 Å². The number of aryl methyl sites for hydroxylation is 2. The van der Waals surface area contributed by atoms with E-state index in [1.54, 1.807) is 0 Å². The summed E-state index contributed by atoms with van der Waals surface area (Å²) in [5, 5.41) is 8.75. The third-order valence-corrected chi connectivity index (χ3v) is 5.10. The first kappa shape index (κ1) is 16.3. The van der Waals surface area contributed by atoms with Gasteiger partial charge in [0, 0.05) is 39.1 Å². The van der Waals surface area contributed by atoms with Crippen LogP contribution in [0.3, 0.4) is 0 Å². The minimum absolute atomic E-state index is 0.141. The lowest BCUT2D eigenvalue weighted by atomic mass is 10.1. The van der Waals surface area contributed by atoms with Crippen molar-refractivity contribution >= 4 is 5.91 Å². The van der Waals surface area contributed by atoms with E-state index in [0.717, 1.165) is 50.3 Å². The zero-order chi connectivity index (χ0) is 17.1. The lowest BCUT2D eigenvalue weighted by Gasteiger charge is -2.23. The molecule has 4 rings (SSSR count). The van der Waals surface area contributed by atoms with Crippen LogP contribution < -0.4 is 0 Å². The van der Waals surface area contributed by atoms with Gasteiger partial charge in [0.1, 0.15) is 17.8 Å². The average Bonchev–Trinajstić information content (AvgIpc) is 3.26. The molecule has 1 fully saturated rings. The molecule has 6 nitrogen and oxygen atoms in total. The Kier molecular flexibility index (Phi) is 4.78. The van der Waals surface area contributed by atoms with E-state index in [2.05, 4.69) is 39.0 Å². The van der Waals surface area contributed by atoms with Crippen LogP contribution in [0.4, 0.5) is 0 Å². The molecular weight excluding hydrogens is 316 g/mol. The van der Waals surface area contributed by atoms with Crippen molar-refractivity contribution in [3.05, 3.63) is 47.5 Å². The van der Waals surface area contributed by atoms with Crippen molar-refractivity contribution in [3.63, 3.8) is 0 Å². The average molecular weight is 340 g/mol. The summed E-state index contributed by atoms with van der Waals surface area (Å²) in [6.07, 6.45) is 4.19. The predicted octanol–water partition coefficient (Wildman–Crippen LogP) is 1.63. The van der Waals surface area contributed by atoms with Gasteiger partial charge >= 0.3 is 0 Å². The number of ether oxygens (including phenoxy) is 1. The van der Waals surface area contributed by atoms with Crippen molar-refractivity contribution in [3.8, 4) is 0 Å². The second-order valence-corrected chi connectivity index (χ2v) is 6.75. The van der Waals surface area contributed by atoms with Gasteiger partial charge in [-0.15, -0.1) is 10.2 Å². The van der Waals surface area contributed by atoms with Crippen LogP contribution in [0.2, 0.25) is 0 Å². The number of carbonyl (C=O) groups is 1. The van der Waals surface area contributed by atoms with Crippen molar-refractivity contribution in [1.29, 1.82) is 0 Å². The van der Waals surface area contributed by atoms with Gasteiger partial charge in [-0.25, -0.2) is 0 Å². The maximum atomic E-state index is 12.6. The summed E-state index contributed by atoms with van der Waals surface area (Å²) < 4.78 is 7.75. The molecule has 132 valence electrons. The van der Waals surface area contributed by atoms with Crippen LogP contribution in [0.15, 0.2) is 30.3 Å². The van der Waals surface area contributed by atoms with Crippen LogP contribution in [-0.4, -0.2) is 51.4 Å². The normalized spacial score (nSPS) is 20.3. The van der Waals surface area contributed by atoms with Crippen molar-refractivity contribution in [2.24, 2.45) is 0 Å². The van der Waals surface area contributed by atoms with E-state index in [1.807, 2.05) is 11.0 Å². The fraction of sp³-hybridized carbons (Fsp3) is 0.526. The number of hydrogen-bond donors (Lipinski definition) is 0. The van der Waals surface area contributed by atoms with E-state index in [4.69, 9.17) is 4.74 Å². The SMILES string of the molecule is O=C([C@H]1CCCO1)N1CCc2nnc(CCc3ccccc3)n2CC1. The summed E-state index contributed by atoms with van der Waals surface area (Å²) in [5.74, 6) is 2.15. The number of rotatable bonds is 4. The van der Waals surface area contributed by atoms with Crippen LogP contribution in [0.25, 0.3) is 0 Å². The van der Waals surface area contributed by atoms with E-state index in [-0.39, 0.29) is 12.0 Å². The van der Waals surface area contributed by atoms with E-state index in [0.29, 0.717) is 19.7 Å². The molecule has 1 atom stereocenters. The summed E-state index contributed by atoms with van der Waals surface area (Å²) in [7, 11) is 0.